The van der Waals surface area contributed by atoms with E-state index < -0.39 is 6.10 Å². The first-order valence-corrected chi connectivity index (χ1v) is 8.34. The Bertz CT molecular complexity index is 969. The van der Waals surface area contributed by atoms with Crippen LogP contribution in [0, 0.1) is 13.8 Å². The molecule has 0 radical (unpaired) electrons. The van der Waals surface area contributed by atoms with Crippen molar-refractivity contribution >= 4 is 22.5 Å². The molecule has 6 heteroatoms. The maximum absolute atomic E-state index is 12.5. The Balaban J connectivity index is 1.73. The number of benzene rings is 2. The van der Waals surface area contributed by atoms with Crippen molar-refractivity contribution in [3.05, 3.63) is 69.2 Å². The number of ether oxygens (including phenoxy) is 1. The molecule has 5 nitrogen and oxygen atoms in total. The number of hydrogen-bond acceptors (Lipinski definition) is 4. The molecule has 0 aliphatic rings. The fourth-order valence-corrected chi connectivity index (χ4v) is 2.76. The summed E-state index contributed by atoms with van der Waals surface area (Å²) in [5, 5.41) is 11.1. The number of fused-ring (bicyclic) bond motifs is 1. The van der Waals surface area contributed by atoms with E-state index >= 15 is 0 Å². The highest BCUT2D eigenvalue weighted by atomic mass is 35.5. The minimum atomic E-state index is -0.837. The van der Waals surface area contributed by atoms with Crippen LogP contribution in [0.1, 0.15) is 11.1 Å². The van der Waals surface area contributed by atoms with Gasteiger partial charge in [-0.25, -0.2) is 4.98 Å². The molecule has 1 unspecified atom stereocenters. The van der Waals surface area contributed by atoms with Gasteiger partial charge in [-0.2, -0.15) is 0 Å². The molecule has 1 atom stereocenters. The van der Waals surface area contributed by atoms with Crippen LogP contribution in [0.15, 0.2) is 47.5 Å². The second kappa shape index (κ2) is 7.25. The van der Waals surface area contributed by atoms with Gasteiger partial charge >= 0.3 is 0 Å². The Morgan fingerprint density at radius 1 is 1.24 bits per heavy atom. The standard InChI is InChI=1S/C19H19ClN2O3/c1-12-3-4-13(2)18(7-12)25-10-15(23)9-22-11-21-17-6-5-14(20)8-16(17)19(22)24/h3-8,11,15,23H,9-10H2,1-2H3. The van der Waals surface area contributed by atoms with Gasteiger partial charge in [0.25, 0.3) is 5.56 Å². The molecule has 0 saturated carbocycles. The van der Waals surface area contributed by atoms with Crippen molar-refractivity contribution in [2.75, 3.05) is 6.61 Å². The Kier molecular flexibility index (Phi) is 5.06. The molecule has 0 aliphatic carbocycles. The van der Waals surface area contributed by atoms with Gasteiger partial charge in [0.05, 0.1) is 23.8 Å². The number of hydrogen-bond donors (Lipinski definition) is 1. The van der Waals surface area contributed by atoms with Gasteiger partial charge in [0.15, 0.2) is 0 Å². The van der Waals surface area contributed by atoms with Gasteiger partial charge in [-0.15, -0.1) is 0 Å². The highest BCUT2D eigenvalue weighted by molar-refractivity contribution is 6.31. The highest BCUT2D eigenvalue weighted by Gasteiger charge is 2.11. The van der Waals surface area contributed by atoms with Crippen molar-refractivity contribution in [3.8, 4) is 5.75 Å². The first-order chi connectivity index (χ1) is 11.9. The summed E-state index contributed by atoms with van der Waals surface area (Å²) in [5.74, 6) is 0.731. The van der Waals surface area contributed by atoms with Crippen molar-refractivity contribution in [2.45, 2.75) is 26.5 Å². The van der Waals surface area contributed by atoms with Crippen LogP contribution in [0.4, 0.5) is 0 Å². The van der Waals surface area contributed by atoms with Crippen LogP contribution in [-0.2, 0) is 6.54 Å². The molecule has 1 N–H and O–H groups in total. The first-order valence-electron chi connectivity index (χ1n) is 7.97. The van der Waals surface area contributed by atoms with E-state index in [2.05, 4.69) is 4.98 Å². The van der Waals surface area contributed by atoms with Crippen LogP contribution in [-0.4, -0.2) is 27.4 Å². The molecule has 0 spiro atoms. The van der Waals surface area contributed by atoms with E-state index in [0.717, 1.165) is 16.9 Å². The summed E-state index contributed by atoms with van der Waals surface area (Å²) < 4.78 is 7.06. The second-order valence-electron chi connectivity index (χ2n) is 6.10. The van der Waals surface area contributed by atoms with Crippen LogP contribution in [0.3, 0.4) is 0 Å². The Labute approximate surface area is 150 Å². The van der Waals surface area contributed by atoms with Crippen LogP contribution in [0.25, 0.3) is 10.9 Å². The lowest BCUT2D eigenvalue weighted by Crippen LogP contribution is -2.30. The van der Waals surface area contributed by atoms with E-state index in [1.807, 2.05) is 32.0 Å². The lowest BCUT2D eigenvalue weighted by Gasteiger charge is -2.15. The first kappa shape index (κ1) is 17.5. The van der Waals surface area contributed by atoms with E-state index in [9.17, 15) is 9.90 Å². The molecule has 3 rings (SSSR count). The highest BCUT2D eigenvalue weighted by Crippen LogP contribution is 2.19. The van der Waals surface area contributed by atoms with E-state index in [-0.39, 0.29) is 18.7 Å². The van der Waals surface area contributed by atoms with Gasteiger partial charge in [0, 0.05) is 5.02 Å². The zero-order valence-electron chi connectivity index (χ0n) is 14.1. The normalized spacial score (nSPS) is 12.3. The van der Waals surface area contributed by atoms with Gasteiger partial charge in [-0.1, -0.05) is 23.7 Å². The molecule has 0 amide bonds. The fraction of sp³-hybridized carbons (Fsp3) is 0.263. The van der Waals surface area contributed by atoms with Crippen LogP contribution in [0.2, 0.25) is 5.02 Å². The summed E-state index contributed by atoms with van der Waals surface area (Å²) in [5.41, 5.74) is 2.42. The van der Waals surface area contributed by atoms with E-state index in [4.69, 9.17) is 16.3 Å². The molecule has 2 aromatic carbocycles. The molecular weight excluding hydrogens is 340 g/mol. The Morgan fingerprint density at radius 3 is 2.84 bits per heavy atom. The smallest absolute Gasteiger partial charge is 0.261 e. The minimum Gasteiger partial charge on any atom is -0.491 e. The predicted molar refractivity (Wildman–Crippen MR) is 98.4 cm³/mol. The number of aryl methyl sites for hydroxylation is 2. The lowest BCUT2D eigenvalue weighted by molar-refractivity contribution is 0.0911. The van der Waals surface area contributed by atoms with Crippen LogP contribution >= 0.6 is 11.6 Å². The van der Waals surface area contributed by atoms with Crippen molar-refractivity contribution < 1.29 is 9.84 Å². The second-order valence-corrected chi connectivity index (χ2v) is 6.53. The zero-order valence-corrected chi connectivity index (χ0v) is 14.8. The topological polar surface area (TPSA) is 64.3 Å². The monoisotopic (exact) mass is 358 g/mol. The van der Waals surface area contributed by atoms with Crippen molar-refractivity contribution in [1.82, 2.24) is 9.55 Å². The van der Waals surface area contributed by atoms with Crippen molar-refractivity contribution in [3.63, 3.8) is 0 Å². The van der Waals surface area contributed by atoms with Gasteiger partial charge < -0.3 is 9.84 Å². The number of rotatable bonds is 5. The number of aromatic nitrogens is 2. The molecule has 1 aromatic heterocycles. The largest absolute Gasteiger partial charge is 0.491 e. The average molecular weight is 359 g/mol. The zero-order chi connectivity index (χ0) is 18.0. The quantitative estimate of drug-likeness (QED) is 0.761. The molecular formula is C19H19ClN2O3. The van der Waals surface area contributed by atoms with Crippen LogP contribution in [0.5, 0.6) is 5.75 Å². The van der Waals surface area contributed by atoms with Gasteiger partial charge in [0.1, 0.15) is 18.5 Å². The molecule has 25 heavy (non-hydrogen) atoms. The number of halogens is 1. The molecule has 0 aliphatic heterocycles. The summed E-state index contributed by atoms with van der Waals surface area (Å²) in [6, 6.07) is 10.9. The van der Waals surface area contributed by atoms with Crippen molar-refractivity contribution in [2.24, 2.45) is 0 Å². The summed E-state index contributed by atoms with van der Waals surface area (Å²) in [6.07, 6.45) is 0.593. The molecule has 0 bridgehead atoms. The van der Waals surface area contributed by atoms with E-state index in [0.29, 0.717) is 15.9 Å². The SMILES string of the molecule is Cc1ccc(C)c(OCC(O)Cn2cnc3ccc(Cl)cc3c2=O)c1. The third-order valence-electron chi connectivity index (χ3n) is 3.97. The third kappa shape index (κ3) is 4.00. The molecule has 3 aromatic rings. The number of nitrogens with zero attached hydrogens (tertiary/aromatic N) is 2. The number of aliphatic hydroxyl groups is 1. The minimum absolute atomic E-state index is 0.0876. The van der Waals surface area contributed by atoms with Crippen molar-refractivity contribution in [1.29, 1.82) is 0 Å². The fourth-order valence-electron chi connectivity index (χ4n) is 2.59. The summed E-state index contributed by atoms with van der Waals surface area (Å²) in [4.78, 5) is 16.7. The van der Waals surface area contributed by atoms with E-state index in [1.54, 1.807) is 18.2 Å². The maximum Gasteiger partial charge on any atom is 0.261 e. The molecule has 1 heterocycles. The maximum atomic E-state index is 12.5. The van der Waals surface area contributed by atoms with Gasteiger partial charge in [-0.05, 0) is 49.2 Å². The molecule has 0 saturated heterocycles. The summed E-state index contributed by atoms with van der Waals surface area (Å²) in [7, 11) is 0. The number of aliphatic hydroxyl groups excluding tert-OH is 1. The molecule has 0 fully saturated rings. The van der Waals surface area contributed by atoms with Crippen LogP contribution < -0.4 is 10.3 Å². The Hall–Kier alpha value is -2.37. The van der Waals surface area contributed by atoms with Gasteiger partial charge in [-0.3, -0.25) is 9.36 Å². The Morgan fingerprint density at radius 2 is 2.04 bits per heavy atom. The average Bonchev–Trinajstić information content (AvgIpc) is 2.58. The van der Waals surface area contributed by atoms with Gasteiger partial charge in [0.2, 0.25) is 0 Å². The third-order valence-corrected chi connectivity index (χ3v) is 4.20. The summed E-state index contributed by atoms with van der Waals surface area (Å²) in [6.45, 7) is 4.11. The molecule has 130 valence electrons. The summed E-state index contributed by atoms with van der Waals surface area (Å²) >= 11 is 5.95. The van der Waals surface area contributed by atoms with E-state index in [1.165, 1.54) is 10.9 Å². The predicted octanol–water partition coefficient (Wildman–Crippen LogP) is 3.11. The lowest BCUT2D eigenvalue weighted by atomic mass is 10.1.